The fourth-order valence-corrected chi connectivity index (χ4v) is 3.15. The number of fused-ring (bicyclic) bond motifs is 2. The van der Waals surface area contributed by atoms with E-state index in [0.717, 1.165) is 34.1 Å². The normalized spacial score (nSPS) is 11.2. The van der Waals surface area contributed by atoms with E-state index in [-0.39, 0.29) is 6.61 Å². The Labute approximate surface area is 150 Å². The molecule has 0 fully saturated rings. The Morgan fingerprint density at radius 1 is 1.04 bits per heavy atom. The van der Waals surface area contributed by atoms with Crippen molar-refractivity contribution in [1.82, 2.24) is 9.97 Å². The second-order valence-corrected chi connectivity index (χ2v) is 6.08. The zero-order chi connectivity index (χ0) is 18.1. The van der Waals surface area contributed by atoms with Gasteiger partial charge in [0.05, 0.1) is 11.1 Å². The van der Waals surface area contributed by atoms with Crippen LogP contribution in [0.1, 0.15) is 34.4 Å². The number of aromatic nitrogens is 2. The molecule has 4 rings (SSSR count). The zero-order valence-corrected chi connectivity index (χ0v) is 14.7. The third-order valence-electron chi connectivity index (χ3n) is 4.44. The van der Waals surface area contributed by atoms with Gasteiger partial charge in [0.15, 0.2) is 12.2 Å². The van der Waals surface area contributed by atoms with E-state index in [9.17, 15) is 4.79 Å². The van der Waals surface area contributed by atoms with Gasteiger partial charge in [0, 0.05) is 11.1 Å². The minimum absolute atomic E-state index is 0.00887. The largest absolute Gasteiger partial charge is 0.452 e. The summed E-state index contributed by atoms with van der Waals surface area (Å²) >= 11 is 0. The minimum atomic E-state index is -0.391. The van der Waals surface area contributed by atoms with Crippen LogP contribution < -0.4 is 0 Å². The van der Waals surface area contributed by atoms with Crippen LogP contribution in [0.3, 0.4) is 0 Å². The second-order valence-electron chi connectivity index (χ2n) is 6.08. The lowest BCUT2D eigenvalue weighted by atomic mass is 10.0. The van der Waals surface area contributed by atoms with Crippen LogP contribution in [0.5, 0.6) is 0 Å². The van der Waals surface area contributed by atoms with Gasteiger partial charge in [0.1, 0.15) is 5.52 Å². The van der Waals surface area contributed by atoms with Crippen molar-refractivity contribution in [2.45, 2.75) is 26.9 Å². The van der Waals surface area contributed by atoms with Crippen LogP contribution in [0.2, 0.25) is 0 Å². The van der Waals surface area contributed by atoms with Crippen molar-refractivity contribution in [3.8, 4) is 0 Å². The van der Waals surface area contributed by atoms with E-state index >= 15 is 0 Å². The van der Waals surface area contributed by atoms with Gasteiger partial charge in [-0.2, -0.15) is 0 Å². The van der Waals surface area contributed by atoms with Gasteiger partial charge in [-0.1, -0.05) is 37.3 Å². The van der Waals surface area contributed by atoms with E-state index in [2.05, 4.69) is 9.97 Å². The highest BCUT2D eigenvalue weighted by Crippen LogP contribution is 2.25. The number of ether oxygens (including phenoxy) is 1. The van der Waals surface area contributed by atoms with E-state index in [0.29, 0.717) is 17.0 Å². The van der Waals surface area contributed by atoms with Crippen LogP contribution in [0.15, 0.2) is 52.9 Å². The summed E-state index contributed by atoms with van der Waals surface area (Å²) in [6.07, 6.45) is 0.752. The summed E-state index contributed by atoms with van der Waals surface area (Å²) in [6, 6.07) is 15.1. The first-order chi connectivity index (χ1) is 12.7. The first kappa shape index (κ1) is 16.3. The molecule has 4 aromatic rings. The molecule has 0 aliphatic carbocycles. The maximum absolute atomic E-state index is 12.8. The maximum Gasteiger partial charge on any atom is 0.339 e. The number of esters is 1. The molecule has 0 saturated heterocycles. The topological polar surface area (TPSA) is 65.2 Å². The average molecular weight is 346 g/mol. The summed E-state index contributed by atoms with van der Waals surface area (Å²) < 4.78 is 11.1. The molecule has 0 unspecified atom stereocenters. The Bertz CT molecular complexity index is 1080. The summed E-state index contributed by atoms with van der Waals surface area (Å²) in [7, 11) is 0. The quantitative estimate of drug-likeness (QED) is 0.505. The molecule has 0 N–H and O–H groups in total. The molecule has 0 spiro atoms. The Hall–Kier alpha value is -3.21. The van der Waals surface area contributed by atoms with Gasteiger partial charge in [-0.15, -0.1) is 0 Å². The number of rotatable bonds is 4. The van der Waals surface area contributed by atoms with E-state index in [1.54, 1.807) is 0 Å². The van der Waals surface area contributed by atoms with Crippen LogP contribution in [-0.4, -0.2) is 15.9 Å². The smallest absolute Gasteiger partial charge is 0.339 e. The SMILES string of the molecule is CCc1nc2ccccc2c(C(=O)OCc2nc3ccccc3o2)c1C. The average Bonchev–Trinajstić information content (AvgIpc) is 3.08. The molecule has 0 saturated carbocycles. The molecule has 2 heterocycles. The number of pyridine rings is 1. The first-order valence-corrected chi connectivity index (χ1v) is 8.57. The summed E-state index contributed by atoms with van der Waals surface area (Å²) in [5.74, 6) is -0.00987. The Kier molecular flexibility index (Phi) is 4.13. The summed E-state index contributed by atoms with van der Waals surface area (Å²) in [6.45, 7) is 3.93. The Balaban J connectivity index is 1.66. The van der Waals surface area contributed by atoms with Gasteiger partial charge in [0.25, 0.3) is 0 Å². The number of aryl methyl sites for hydroxylation is 1. The van der Waals surface area contributed by atoms with Crippen molar-refractivity contribution in [2.75, 3.05) is 0 Å². The van der Waals surface area contributed by atoms with Crippen LogP contribution in [0, 0.1) is 6.92 Å². The van der Waals surface area contributed by atoms with Gasteiger partial charge in [-0.25, -0.2) is 9.78 Å². The number of benzene rings is 2. The molecule has 2 aromatic carbocycles. The molecule has 0 amide bonds. The zero-order valence-electron chi connectivity index (χ0n) is 14.7. The monoisotopic (exact) mass is 346 g/mol. The lowest BCUT2D eigenvalue weighted by Gasteiger charge is -2.12. The van der Waals surface area contributed by atoms with Crippen LogP contribution in [-0.2, 0) is 17.8 Å². The lowest BCUT2D eigenvalue weighted by molar-refractivity contribution is 0.0441. The highest BCUT2D eigenvalue weighted by Gasteiger charge is 2.19. The second kappa shape index (κ2) is 6.59. The van der Waals surface area contributed by atoms with E-state index in [4.69, 9.17) is 9.15 Å². The maximum atomic E-state index is 12.8. The number of hydrogen-bond donors (Lipinski definition) is 0. The molecule has 130 valence electrons. The summed E-state index contributed by atoms with van der Waals surface area (Å²) in [4.78, 5) is 21.8. The molecule has 5 nitrogen and oxygen atoms in total. The van der Waals surface area contributed by atoms with Crippen molar-refractivity contribution >= 4 is 28.0 Å². The molecule has 2 aromatic heterocycles. The number of carbonyl (C=O) groups is 1. The van der Waals surface area contributed by atoms with Crippen LogP contribution >= 0.6 is 0 Å². The predicted molar refractivity (Wildman–Crippen MR) is 99.0 cm³/mol. The van der Waals surface area contributed by atoms with Gasteiger partial charge >= 0.3 is 5.97 Å². The molecular formula is C21H18N2O3. The third kappa shape index (κ3) is 2.81. The molecule has 0 atom stereocenters. The van der Waals surface area contributed by atoms with E-state index in [1.165, 1.54) is 0 Å². The minimum Gasteiger partial charge on any atom is -0.452 e. The molecule has 0 aliphatic heterocycles. The number of hydrogen-bond acceptors (Lipinski definition) is 5. The highest BCUT2D eigenvalue weighted by molar-refractivity contribution is 6.05. The third-order valence-corrected chi connectivity index (χ3v) is 4.44. The summed E-state index contributed by atoms with van der Waals surface area (Å²) in [5.41, 5.74) is 4.54. The molecule has 0 aliphatic rings. The van der Waals surface area contributed by atoms with Crippen molar-refractivity contribution < 1.29 is 13.9 Å². The van der Waals surface area contributed by atoms with Crippen molar-refractivity contribution in [2.24, 2.45) is 0 Å². The van der Waals surface area contributed by atoms with Gasteiger partial charge in [-0.3, -0.25) is 4.98 Å². The van der Waals surface area contributed by atoms with Gasteiger partial charge in [0.2, 0.25) is 5.89 Å². The number of nitrogens with zero attached hydrogens (tertiary/aromatic N) is 2. The molecule has 0 bridgehead atoms. The van der Waals surface area contributed by atoms with Crippen molar-refractivity contribution in [3.63, 3.8) is 0 Å². The van der Waals surface area contributed by atoms with Crippen LogP contribution in [0.4, 0.5) is 0 Å². The Morgan fingerprint density at radius 3 is 2.54 bits per heavy atom. The van der Waals surface area contributed by atoms with Crippen LogP contribution in [0.25, 0.3) is 22.0 Å². The number of para-hydroxylation sites is 3. The number of carbonyl (C=O) groups excluding carboxylic acids is 1. The van der Waals surface area contributed by atoms with Gasteiger partial charge < -0.3 is 9.15 Å². The van der Waals surface area contributed by atoms with E-state index in [1.807, 2.05) is 62.4 Å². The highest BCUT2D eigenvalue weighted by atomic mass is 16.5. The molecule has 26 heavy (non-hydrogen) atoms. The summed E-state index contributed by atoms with van der Waals surface area (Å²) in [5, 5.41) is 0.796. The fraction of sp³-hybridized carbons (Fsp3) is 0.190. The van der Waals surface area contributed by atoms with Crippen molar-refractivity contribution in [1.29, 1.82) is 0 Å². The predicted octanol–water partition coefficient (Wildman–Crippen LogP) is 4.60. The number of oxazole rings is 1. The molecular weight excluding hydrogens is 328 g/mol. The van der Waals surface area contributed by atoms with E-state index < -0.39 is 5.97 Å². The first-order valence-electron chi connectivity index (χ1n) is 8.57. The Morgan fingerprint density at radius 2 is 1.77 bits per heavy atom. The molecule has 5 heteroatoms. The lowest BCUT2D eigenvalue weighted by Crippen LogP contribution is -2.11. The standard InChI is InChI=1S/C21H18N2O3/c1-3-15-13(2)20(14-8-4-5-9-16(14)22-15)21(24)25-12-19-23-17-10-6-7-11-18(17)26-19/h4-11H,3,12H2,1-2H3. The van der Waals surface area contributed by atoms with Crippen molar-refractivity contribution in [3.05, 3.63) is 71.2 Å². The van der Waals surface area contributed by atoms with Gasteiger partial charge in [-0.05, 0) is 37.1 Å². The fourth-order valence-electron chi connectivity index (χ4n) is 3.15. The molecule has 0 radical (unpaired) electrons.